The summed E-state index contributed by atoms with van der Waals surface area (Å²) in [6, 6.07) is 7.62. The van der Waals surface area contributed by atoms with Gasteiger partial charge in [0.2, 0.25) is 5.91 Å². The van der Waals surface area contributed by atoms with Crippen LogP contribution in [-0.2, 0) is 19.4 Å². The maximum absolute atomic E-state index is 12.5. The molecule has 1 aliphatic heterocycles. The molecule has 6 nitrogen and oxygen atoms in total. The van der Waals surface area contributed by atoms with E-state index in [0.717, 1.165) is 6.26 Å². The fourth-order valence-electron chi connectivity index (χ4n) is 2.44. The first-order chi connectivity index (χ1) is 9.78. The van der Waals surface area contributed by atoms with Gasteiger partial charge in [-0.2, -0.15) is 0 Å². The number of nitrogens with one attached hydrogen (secondary N) is 1. The quantitative estimate of drug-likeness (QED) is 0.856. The lowest BCUT2D eigenvalue weighted by Crippen LogP contribution is -2.57. The first-order valence-electron chi connectivity index (χ1n) is 6.60. The molecule has 1 saturated heterocycles. The molecule has 1 aromatic rings. The molecule has 7 heteroatoms. The molecule has 1 aromatic carbocycles. The summed E-state index contributed by atoms with van der Waals surface area (Å²) in [5.74, 6) is -0.728. The molecule has 0 spiro atoms. The molecule has 1 fully saturated rings. The van der Waals surface area contributed by atoms with Gasteiger partial charge in [0.05, 0.1) is 12.3 Å². The van der Waals surface area contributed by atoms with Gasteiger partial charge in [-0.05, 0) is 12.5 Å². The second-order valence-corrected chi connectivity index (χ2v) is 7.50. The van der Waals surface area contributed by atoms with Crippen molar-refractivity contribution in [3.8, 4) is 0 Å². The highest BCUT2D eigenvalue weighted by Gasteiger charge is 2.36. The van der Waals surface area contributed by atoms with Crippen LogP contribution < -0.4 is 5.32 Å². The molecule has 2 unspecified atom stereocenters. The van der Waals surface area contributed by atoms with E-state index in [4.69, 9.17) is 0 Å². The lowest BCUT2D eigenvalue weighted by atomic mass is 10.0. The summed E-state index contributed by atoms with van der Waals surface area (Å²) < 4.78 is 22.8. The van der Waals surface area contributed by atoms with E-state index in [-0.39, 0.29) is 24.1 Å². The van der Waals surface area contributed by atoms with Crippen LogP contribution in [0.2, 0.25) is 0 Å². The molecule has 0 aliphatic carbocycles. The number of benzene rings is 1. The van der Waals surface area contributed by atoms with Crippen LogP contribution in [-0.4, -0.2) is 49.7 Å². The van der Waals surface area contributed by atoms with Crippen molar-refractivity contribution in [2.24, 2.45) is 0 Å². The van der Waals surface area contributed by atoms with Crippen molar-refractivity contribution in [1.82, 2.24) is 10.2 Å². The van der Waals surface area contributed by atoms with Gasteiger partial charge < -0.3 is 10.2 Å². The topological polar surface area (TPSA) is 83.6 Å². The van der Waals surface area contributed by atoms with Crippen molar-refractivity contribution in [3.05, 3.63) is 35.9 Å². The minimum absolute atomic E-state index is 0.112. The van der Waals surface area contributed by atoms with Crippen molar-refractivity contribution < 1.29 is 18.0 Å². The molecule has 1 heterocycles. The third-order valence-electron chi connectivity index (χ3n) is 3.36. The summed E-state index contributed by atoms with van der Waals surface area (Å²) in [6.07, 6.45) is 1.12. The smallest absolute Gasteiger partial charge is 0.250 e. The maximum Gasteiger partial charge on any atom is 0.250 e. The van der Waals surface area contributed by atoms with E-state index in [1.807, 2.05) is 6.07 Å². The standard InChI is InChI=1S/C14H18N2O4S/c1-10(9-21(2,19)20)16-8-12(17)15-13(14(16)18)11-6-4-3-5-7-11/h3-7,10,13H,8-9H2,1-2H3,(H,15,17). The number of carbonyl (C=O) groups excluding carboxylic acids is 2. The molecule has 0 bridgehead atoms. The van der Waals surface area contributed by atoms with Gasteiger partial charge in [0.1, 0.15) is 15.9 Å². The van der Waals surface area contributed by atoms with E-state index in [1.54, 1.807) is 31.2 Å². The number of sulfone groups is 1. The number of hydrogen-bond donors (Lipinski definition) is 1. The molecule has 2 amide bonds. The zero-order valence-corrected chi connectivity index (χ0v) is 12.8. The molecular formula is C14H18N2O4S. The molecule has 0 aromatic heterocycles. The van der Waals surface area contributed by atoms with Crippen LogP contribution >= 0.6 is 0 Å². The number of carbonyl (C=O) groups is 2. The summed E-state index contributed by atoms with van der Waals surface area (Å²) in [6.45, 7) is 1.53. The average Bonchev–Trinajstić information content (AvgIpc) is 2.40. The van der Waals surface area contributed by atoms with Gasteiger partial charge in [-0.1, -0.05) is 30.3 Å². The predicted molar refractivity (Wildman–Crippen MR) is 78.2 cm³/mol. The third-order valence-corrected chi connectivity index (χ3v) is 4.45. The van der Waals surface area contributed by atoms with Crippen LogP contribution in [0.1, 0.15) is 18.5 Å². The lowest BCUT2D eigenvalue weighted by Gasteiger charge is -2.36. The predicted octanol–water partition coefficient (Wildman–Crippen LogP) is 0.119. The highest BCUT2D eigenvalue weighted by atomic mass is 32.2. The van der Waals surface area contributed by atoms with Crippen molar-refractivity contribution in [2.75, 3.05) is 18.6 Å². The fourth-order valence-corrected chi connectivity index (χ4v) is 3.50. The Morgan fingerprint density at radius 2 is 1.90 bits per heavy atom. The molecule has 114 valence electrons. The SMILES string of the molecule is CC(CS(C)(=O)=O)N1CC(=O)NC(c2ccccc2)C1=O. The number of hydrogen-bond acceptors (Lipinski definition) is 4. The largest absolute Gasteiger partial charge is 0.339 e. The molecule has 1 aliphatic rings. The van der Waals surface area contributed by atoms with Crippen molar-refractivity contribution >= 4 is 21.7 Å². The number of rotatable bonds is 4. The Labute approximate surface area is 124 Å². The number of piperazine rings is 1. The molecule has 0 radical (unpaired) electrons. The molecule has 21 heavy (non-hydrogen) atoms. The Bertz CT molecular complexity index is 642. The lowest BCUT2D eigenvalue weighted by molar-refractivity contribution is -0.146. The van der Waals surface area contributed by atoms with Crippen LogP contribution in [0.25, 0.3) is 0 Å². The second kappa shape index (κ2) is 5.85. The maximum atomic E-state index is 12.5. The fraction of sp³-hybridized carbons (Fsp3) is 0.429. The van der Waals surface area contributed by atoms with E-state index in [1.165, 1.54) is 4.90 Å². The van der Waals surface area contributed by atoms with E-state index >= 15 is 0 Å². The second-order valence-electron chi connectivity index (χ2n) is 5.32. The van der Waals surface area contributed by atoms with Gasteiger partial charge in [0.15, 0.2) is 0 Å². The van der Waals surface area contributed by atoms with Crippen LogP contribution in [0.15, 0.2) is 30.3 Å². The van der Waals surface area contributed by atoms with Crippen LogP contribution in [0.3, 0.4) is 0 Å². The van der Waals surface area contributed by atoms with E-state index in [0.29, 0.717) is 5.56 Å². The Hall–Kier alpha value is -1.89. The van der Waals surface area contributed by atoms with Gasteiger partial charge in [0, 0.05) is 12.3 Å². The van der Waals surface area contributed by atoms with E-state index in [2.05, 4.69) is 5.32 Å². The van der Waals surface area contributed by atoms with Crippen molar-refractivity contribution in [2.45, 2.75) is 19.0 Å². The summed E-state index contributed by atoms with van der Waals surface area (Å²) in [5.41, 5.74) is 0.687. The van der Waals surface area contributed by atoms with Gasteiger partial charge in [-0.25, -0.2) is 8.42 Å². The van der Waals surface area contributed by atoms with Crippen LogP contribution in [0.5, 0.6) is 0 Å². The molecule has 1 N–H and O–H groups in total. The summed E-state index contributed by atoms with van der Waals surface area (Å²) in [5, 5.41) is 2.65. The zero-order chi connectivity index (χ0) is 15.6. The summed E-state index contributed by atoms with van der Waals surface area (Å²) >= 11 is 0. The van der Waals surface area contributed by atoms with E-state index < -0.39 is 21.9 Å². The minimum Gasteiger partial charge on any atom is -0.339 e. The van der Waals surface area contributed by atoms with Crippen molar-refractivity contribution in [3.63, 3.8) is 0 Å². The Morgan fingerprint density at radius 3 is 2.48 bits per heavy atom. The number of amides is 2. The van der Waals surface area contributed by atoms with Gasteiger partial charge in [0.25, 0.3) is 5.91 Å². The molecule has 2 atom stereocenters. The Balaban J connectivity index is 2.24. The normalized spacial score (nSPS) is 21.0. The van der Waals surface area contributed by atoms with Gasteiger partial charge in [-0.15, -0.1) is 0 Å². The van der Waals surface area contributed by atoms with E-state index in [9.17, 15) is 18.0 Å². The molecule has 0 saturated carbocycles. The highest BCUT2D eigenvalue weighted by molar-refractivity contribution is 7.90. The summed E-state index contributed by atoms with van der Waals surface area (Å²) in [7, 11) is -3.22. The Kier molecular flexibility index (Phi) is 4.32. The Morgan fingerprint density at radius 1 is 1.29 bits per heavy atom. The van der Waals surface area contributed by atoms with Crippen molar-refractivity contribution in [1.29, 1.82) is 0 Å². The summed E-state index contributed by atoms with van der Waals surface area (Å²) in [4.78, 5) is 25.7. The van der Waals surface area contributed by atoms with Crippen LogP contribution in [0, 0.1) is 0 Å². The monoisotopic (exact) mass is 310 g/mol. The zero-order valence-electron chi connectivity index (χ0n) is 11.9. The van der Waals surface area contributed by atoms with Gasteiger partial charge in [-0.3, -0.25) is 9.59 Å². The first-order valence-corrected chi connectivity index (χ1v) is 8.66. The third kappa shape index (κ3) is 3.81. The number of nitrogens with zero attached hydrogens (tertiary/aromatic N) is 1. The average molecular weight is 310 g/mol. The van der Waals surface area contributed by atoms with Gasteiger partial charge >= 0.3 is 0 Å². The highest BCUT2D eigenvalue weighted by Crippen LogP contribution is 2.21. The minimum atomic E-state index is -3.22. The van der Waals surface area contributed by atoms with Crippen LogP contribution in [0.4, 0.5) is 0 Å². The first kappa shape index (κ1) is 15.5. The molecular weight excluding hydrogens is 292 g/mol. The molecule has 2 rings (SSSR count).